The lowest BCUT2D eigenvalue weighted by Gasteiger charge is -2.25. The van der Waals surface area contributed by atoms with Crippen LogP contribution in [0.3, 0.4) is 0 Å². The molecule has 102 valence electrons. The Hall–Kier alpha value is 0.137. The van der Waals surface area contributed by atoms with Crippen molar-refractivity contribution in [2.45, 2.75) is 77.3 Å². The predicted octanol–water partition coefficient (Wildman–Crippen LogP) is 4.64. The Morgan fingerprint density at radius 3 is 2.12 bits per heavy atom. The van der Waals surface area contributed by atoms with Gasteiger partial charge in [0.2, 0.25) is 0 Å². The van der Waals surface area contributed by atoms with E-state index < -0.39 is 8.56 Å². The molecule has 1 aliphatic rings. The van der Waals surface area contributed by atoms with E-state index in [0.717, 1.165) is 13.2 Å². The molecule has 0 radical (unpaired) electrons. The Balaban J connectivity index is 2.03. The van der Waals surface area contributed by atoms with E-state index in [-0.39, 0.29) is 0 Å². The van der Waals surface area contributed by atoms with Gasteiger partial charge in [0.15, 0.2) is 0 Å². The highest BCUT2D eigenvalue weighted by atomic mass is 28.4. The molecule has 0 saturated carbocycles. The van der Waals surface area contributed by atoms with Gasteiger partial charge < -0.3 is 8.85 Å². The molecule has 0 atom stereocenters. The largest absolute Gasteiger partial charge is 0.394 e. The van der Waals surface area contributed by atoms with Crippen molar-refractivity contribution in [3.8, 4) is 0 Å². The Bertz CT molecular complexity index is 179. The highest BCUT2D eigenvalue weighted by Crippen LogP contribution is 2.32. The van der Waals surface area contributed by atoms with Crippen LogP contribution in [0, 0.1) is 0 Å². The van der Waals surface area contributed by atoms with E-state index in [1.165, 1.54) is 63.5 Å². The predicted molar refractivity (Wildman–Crippen MR) is 75.6 cm³/mol. The summed E-state index contributed by atoms with van der Waals surface area (Å²) >= 11 is 0. The van der Waals surface area contributed by atoms with Gasteiger partial charge in [-0.1, -0.05) is 51.9 Å². The molecular weight excluding hydrogens is 228 g/mol. The van der Waals surface area contributed by atoms with Crippen molar-refractivity contribution in [1.82, 2.24) is 0 Å². The van der Waals surface area contributed by atoms with E-state index in [0.29, 0.717) is 0 Å². The van der Waals surface area contributed by atoms with Crippen LogP contribution < -0.4 is 0 Å². The van der Waals surface area contributed by atoms with Crippen molar-refractivity contribution in [2.24, 2.45) is 0 Å². The van der Waals surface area contributed by atoms with Crippen LogP contribution in [0.2, 0.25) is 12.1 Å². The first-order chi connectivity index (χ1) is 8.33. The molecule has 17 heavy (non-hydrogen) atoms. The van der Waals surface area contributed by atoms with E-state index in [9.17, 15) is 0 Å². The van der Waals surface area contributed by atoms with Gasteiger partial charge in [-0.3, -0.25) is 0 Å². The molecule has 0 aromatic heterocycles. The topological polar surface area (TPSA) is 18.5 Å². The third-order valence-corrected chi connectivity index (χ3v) is 7.41. The van der Waals surface area contributed by atoms with Crippen LogP contribution >= 0.6 is 0 Å². The third kappa shape index (κ3) is 6.02. The second-order valence-electron chi connectivity index (χ2n) is 5.17. The molecule has 0 aromatic rings. The van der Waals surface area contributed by atoms with Gasteiger partial charge in [-0.25, -0.2) is 0 Å². The van der Waals surface area contributed by atoms with Crippen LogP contribution in [0.15, 0.2) is 0 Å². The van der Waals surface area contributed by atoms with Crippen LogP contribution in [-0.4, -0.2) is 21.8 Å². The molecule has 0 aliphatic carbocycles. The summed E-state index contributed by atoms with van der Waals surface area (Å²) in [6.45, 7) is 6.14. The molecule has 1 aliphatic heterocycles. The SMILES string of the molecule is CCCCCCCCO[Si]1(OCC)CCCC1. The smallest absolute Gasteiger partial charge is 0.338 e. The van der Waals surface area contributed by atoms with Crippen molar-refractivity contribution in [2.75, 3.05) is 13.2 Å². The summed E-state index contributed by atoms with van der Waals surface area (Å²) in [5.74, 6) is 0. The lowest BCUT2D eigenvalue weighted by atomic mass is 10.1. The molecule has 1 saturated heterocycles. The van der Waals surface area contributed by atoms with Gasteiger partial charge in [0, 0.05) is 13.2 Å². The first-order valence-electron chi connectivity index (χ1n) is 7.61. The highest BCUT2D eigenvalue weighted by molar-refractivity contribution is 6.68. The molecule has 0 N–H and O–H groups in total. The summed E-state index contributed by atoms with van der Waals surface area (Å²) in [5, 5.41) is 0. The van der Waals surface area contributed by atoms with E-state index in [4.69, 9.17) is 8.85 Å². The second-order valence-corrected chi connectivity index (χ2v) is 8.57. The fourth-order valence-corrected chi connectivity index (χ4v) is 6.18. The van der Waals surface area contributed by atoms with Crippen molar-refractivity contribution < 1.29 is 8.85 Å². The van der Waals surface area contributed by atoms with E-state index in [1.54, 1.807) is 0 Å². The maximum atomic E-state index is 6.15. The molecule has 0 spiro atoms. The van der Waals surface area contributed by atoms with Crippen molar-refractivity contribution in [3.05, 3.63) is 0 Å². The lowest BCUT2D eigenvalue weighted by Crippen LogP contribution is -2.39. The zero-order valence-electron chi connectivity index (χ0n) is 11.8. The van der Waals surface area contributed by atoms with Crippen LogP contribution in [0.25, 0.3) is 0 Å². The molecule has 1 heterocycles. The van der Waals surface area contributed by atoms with Crippen LogP contribution in [-0.2, 0) is 8.85 Å². The molecule has 0 aromatic carbocycles. The summed E-state index contributed by atoms with van der Waals surface area (Å²) in [4.78, 5) is 0. The van der Waals surface area contributed by atoms with E-state index >= 15 is 0 Å². The molecule has 0 unspecified atom stereocenters. The lowest BCUT2D eigenvalue weighted by molar-refractivity contribution is 0.176. The molecule has 2 nitrogen and oxygen atoms in total. The first-order valence-corrected chi connectivity index (χ1v) is 9.84. The van der Waals surface area contributed by atoms with Gasteiger partial charge in [0.05, 0.1) is 0 Å². The minimum absolute atomic E-state index is 0.836. The fraction of sp³-hybridized carbons (Fsp3) is 1.00. The maximum absolute atomic E-state index is 6.15. The fourth-order valence-electron chi connectivity index (χ4n) is 2.65. The summed E-state index contributed by atoms with van der Waals surface area (Å²) in [7, 11) is -1.71. The average molecular weight is 258 g/mol. The summed E-state index contributed by atoms with van der Waals surface area (Å²) < 4.78 is 12.1. The highest BCUT2D eigenvalue weighted by Gasteiger charge is 2.40. The summed E-state index contributed by atoms with van der Waals surface area (Å²) in [6.07, 6.45) is 10.7. The number of unbranched alkanes of at least 4 members (excludes halogenated alkanes) is 5. The van der Waals surface area contributed by atoms with Crippen LogP contribution in [0.4, 0.5) is 0 Å². The molecule has 1 rings (SSSR count). The third-order valence-electron chi connectivity index (χ3n) is 3.64. The molecular formula is C14H30O2Si. The van der Waals surface area contributed by atoms with Gasteiger partial charge >= 0.3 is 8.56 Å². The van der Waals surface area contributed by atoms with Crippen LogP contribution in [0.5, 0.6) is 0 Å². The normalized spacial score (nSPS) is 18.7. The zero-order chi connectivity index (χ0) is 12.4. The molecule has 3 heteroatoms. The minimum Gasteiger partial charge on any atom is -0.394 e. The molecule has 0 amide bonds. The van der Waals surface area contributed by atoms with Crippen LogP contribution in [0.1, 0.15) is 65.2 Å². The van der Waals surface area contributed by atoms with Gasteiger partial charge in [0.1, 0.15) is 0 Å². The van der Waals surface area contributed by atoms with E-state index in [2.05, 4.69) is 13.8 Å². The Morgan fingerprint density at radius 1 is 0.824 bits per heavy atom. The average Bonchev–Trinajstić information content (AvgIpc) is 2.77. The Kier molecular flexibility index (Phi) is 8.15. The Morgan fingerprint density at radius 2 is 1.47 bits per heavy atom. The van der Waals surface area contributed by atoms with Crippen molar-refractivity contribution >= 4 is 8.56 Å². The van der Waals surface area contributed by atoms with Gasteiger partial charge in [-0.2, -0.15) is 0 Å². The standard InChI is InChI=1S/C14H30O2Si/c1-3-5-6-7-8-9-12-16-17(15-4-2)13-10-11-14-17/h3-14H2,1-2H3. The minimum atomic E-state index is -1.71. The molecule has 1 fully saturated rings. The van der Waals surface area contributed by atoms with Gasteiger partial charge in [-0.05, 0) is 25.4 Å². The van der Waals surface area contributed by atoms with Crippen molar-refractivity contribution in [3.63, 3.8) is 0 Å². The number of hydrogen-bond donors (Lipinski definition) is 0. The summed E-state index contributed by atoms with van der Waals surface area (Å²) in [6, 6.07) is 2.47. The van der Waals surface area contributed by atoms with E-state index in [1.807, 2.05) is 0 Å². The molecule has 0 bridgehead atoms. The Labute approximate surface area is 108 Å². The van der Waals surface area contributed by atoms with Gasteiger partial charge in [-0.15, -0.1) is 0 Å². The number of hydrogen-bond acceptors (Lipinski definition) is 2. The second kappa shape index (κ2) is 9.12. The number of rotatable bonds is 10. The monoisotopic (exact) mass is 258 g/mol. The van der Waals surface area contributed by atoms with Gasteiger partial charge in [0.25, 0.3) is 0 Å². The quantitative estimate of drug-likeness (QED) is 0.420. The maximum Gasteiger partial charge on any atom is 0.338 e. The summed E-state index contributed by atoms with van der Waals surface area (Å²) in [5.41, 5.74) is 0. The zero-order valence-corrected chi connectivity index (χ0v) is 12.8. The first kappa shape index (κ1) is 15.2. The van der Waals surface area contributed by atoms with Crippen molar-refractivity contribution in [1.29, 1.82) is 0 Å².